The fourth-order valence-corrected chi connectivity index (χ4v) is 2.85. The van der Waals surface area contributed by atoms with Crippen LogP contribution in [-0.2, 0) is 0 Å². The number of pyridine rings is 2. The van der Waals surface area contributed by atoms with Crippen LogP contribution in [0, 0.1) is 0 Å². The third-order valence-corrected chi connectivity index (χ3v) is 4.30. The highest BCUT2D eigenvalue weighted by Crippen LogP contribution is 2.21. The standard InChI is InChI=1S/C17H20N4O2/c1-13(15-4-2-3-7-18-15)20-8-10-21(11-9-20)16-6-5-14(12-19-16)17(22)23/h2-7,12-13H,8-11H2,1H3,(H,22,23). The summed E-state index contributed by atoms with van der Waals surface area (Å²) in [4.78, 5) is 24.2. The molecule has 0 spiro atoms. The molecular formula is C17H20N4O2. The van der Waals surface area contributed by atoms with E-state index < -0.39 is 5.97 Å². The number of aromatic nitrogens is 2. The van der Waals surface area contributed by atoms with Crippen LogP contribution in [0.3, 0.4) is 0 Å². The molecule has 0 amide bonds. The average Bonchev–Trinajstić information content (AvgIpc) is 2.62. The minimum absolute atomic E-state index is 0.219. The number of piperazine rings is 1. The van der Waals surface area contributed by atoms with Crippen LogP contribution in [-0.4, -0.2) is 52.1 Å². The summed E-state index contributed by atoms with van der Waals surface area (Å²) in [6.45, 7) is 5.78. The molecule has 0 aromatic carbocycles. The zero-order valence-corrected chi connectivity index (χ0v) is 13.1. The van der Waals surface area contributed by atoms with Crippen molar-refractivity contribution in [2.24, 2.45) is 0 Å². The van der Waals surface area contributed by atoms with Crippen molar-refractivity contribution in [2.45, 2.75) is 13.0 Å². The van der Waals surface area contributed by atoms with Crippen molar-refractivity contribution in [1.29, 1.82) is 0 Å². The number of nitrogens with zero attached hydrogens (tertiary/aromatic N) is 4. The SMILES string of the molecule is CC(c1ccccn1)N1CCN(c2ccc(C(=O)O)cn2)CC1. The number of anilines is 1. The molecule has 6 heteroatoms. The number of carboxylic acids is 1. The number of aromatic carboxylic acids is 1. The summed E-state index contributed by atoms with van der Waals surface area (Å²) in [5.74, 6) is -0.113. The molecule has 1 saturated heterocycles. The Labute approximate surface area is 135 Å². The molecule has 3 rings (SSSR count). The van der Waals surface area contributed by atoms with Gasteiger partial charge >= 0.3 is 5.97 Å². The highest BCUT2D eigenvalue weighted by Gasteiger charge is 2.23. The molecule has 2 aromatic heterocycles. The van der Waals surface area contributed by atoms with Gasteiger partial charge in [-0.1, -0.05) is 6.07 Å². The summed E-state index contributed by atoms with van der Waals surface area (Å²) in [6.07, 6.45) is 3.25. The molecule has 0 aliphatic carbocycles. The molecule has 1 fully saturated rings. The zero-order valence-electron chi connectivity index (χ0n) is 13.1. The van der Waals surface area contributed by atoms with Gasteiger partial charge in [-0.15, -0.1) is 0 Å². The van der Waals surface area contributed by atoms with Crippen molar-refractivity contribution in [3.05, 3.63) is 54.0 Å². The van der Waals surface area contributed by atoms with Gasteiger partial charge in [0.1, 0.15) is 5.82 Å². The first kappa shape index (κ1) is 15.4. The Morgan fingerprint density at radius 3 is 2.48 bits per heavy atom. The van der Waals surface area contributed by atoms with Crippen LogP contribution in [0.4, 0.5) is 5.82 Å². The third-order valence-electron chi connectivity index (χ3n) is 4.30. The zero-order chi connectivity index (χ0) is 16.2. The van der Waals surface area contributed by atoms with Gasteiger partial charge in [0.15, 0.2) is 0 Å². The lowest BCUT2D eigenvalue weighted by Gasteiger charge is -2.38. The van der Waals surface area contributed by atoms with E-state index in [1.807, 2.05) is 18.3 Å². The van der Waals surface area contributed by atoms with Crippen molar-refractivity contribution in [3.8, 4) is 0 Å². The Kier molecular flexibility index (Phi) is 4.52. The number of hydrogen-bond donors (Lipinski definition) is 1. The Bertz CT molecular complexity index is 652. The highest BCUT2D eigenvalue weighted by molar-refractivity contribution is 5.87. The minimum atomic E-state index is -0.946. The van der Waals surface area contributed by atoms with Gasteiger partial charge < -0.3 is 10.0 Å². The van der Waals surface area contributed by atoms with E-state index in [1.54, 1.807) is 12.1 Å². The number of carbonyl (C=O) groups is 1. The first-order valence-electron chi connectivity index (χ1n) is 7.74. The summed E-state index contributed by atoms with van der Waals surface area (Å²) < 4.78 is 0. The summed E-state index contributed by atoms with van der Waals surface area (Å²) >= 11 is 0. The van der Waals surface area contributed by atoms with Gasteiger partial charge in [0.25, 0.3) is 0 Å². The van der Waals surface area contributed by atoms with Crippen molar-refractivity contribution in [3.63, 3.8) is 0 Å². The Balaban J connectivity index is 1.61. The van der Waals surface area contributed by atoms with E-state index in [-0.39, 0.29) is 5.56 Å². The quantitative estimate of drug-likeness (QED) is 0.932. The number of hydrogen-bond acceptors (Lipinski definition) is 5. The van der Waals surface area contributed by atoms with Crippen LogP contribution >= 0.6 is 0 Å². The summed E-state index contributed by atoms with van der Waals surface area (Å²) in [5, 5.41) is 8.92. The van der Waals surface area contributed by atoms with E-state index >= 15 is 0 Å². The topological polar surface area (TPSA) is 69.6 Å². The lowest BCUT2D eigenvalue weighted by atomic mass is 10.1. The van der Waals surface area contributed by atoms with Crippen molar-refractivity contribution in [2.75, 3.05) is 31.1 Å². The smallest absolute Gasteiger partial charge is 0.337 e. The van der Waals surface area contributed by atoms with E-state index in [2.05, 4.69) is 32.8 Å². The van der Waals surface area contributed by atoms with Gasteiger partial charge in [-0.25, -0.2) is 9.78 Å². The molecule has 1 aliphatic heterocycles. The van der Waals surface area contributed by atoms with E-state index in [1.165, 1.54) is 6.20 Å². The number of rotatable bonds is 4. The van der Waals surface area contributed by atoms with E-state index in [4.69, 9.17) is 5.11 Å². The molecule has 0 radical (unpaired) electrons. The molecule has 0 bridgehead atoms. The molecule has 3 heterocycles. The van der Waals surface area contributed by atoms with Crippen LogP contribution in [0.5, 0.6) is 0 Å². The monoisotopic (exact) mass is 312 g/mol. The van der Waals surface area contributed by atoms with Gasteiger partial charge in [0.05, 0.1) is 11.3 Å². The van der Waals surface area contributed by atoms with Crippen molar-refractivity contribution < 1.29 is 9.90 Å². The second-order valence-corrected chi connectivity index (χ2v) is 5.66. The van der Waals surface area contributed by atoms with E-state index in [0.717, 1.165) is 37.7 Å². The summed E-state index contributed by atoms with van der Waals surface area (Å²) in [5.41, 5.74) is 1.31. The molecule has 1 atom stereocenters. The van der Waals surface area contributed by atoms with Gasteiger partial charge in [-0.2, -0.15) is 0 Å². The van der Waals surface area contributed by atoms with Gasteiger partial charge in [-0.05, 0) is 31.2 Å². The van der Waals surface area contributed by atoms with E-state index in [9.17, 15) is 4.79 Å². The molecule has 2 aromatic rings. The predicted octanol–water partition coefficient (Wildman–Crippen LogP) is 2.06. The maximum absolute atomic E-state index is 10.9. The summed E-state index contributed by atoms with van der Waals surface area (Å²) in [7, 11) is 0. The molecule has 1 N–H and O–H groups in total. The average molecular weight is 312 g/mol. The molecule has 0 saturated carbocycles. The first-order valence-corrected chi connectivity index (χ1v) is 7.74. The van der Waals surface area contributed by atoms with Gasteiger partial charge in [0, 0.05) is 44.6 Å². The third kappa shape index (κ3) is 3.48. The maximum atomic E-state index is 10.9. The van der Waals surface area contributed by atoms with Crippen molar-refractivity contribution >= 4 is 11.8 Å². The van der Waals surface area contributed by atoms with Crippen molar-refractivity contribution in [1.82, 2.24) is 14.9 Å². The first-order chi connectivity index (χ1) is 11.1. The fourth-order valence-electron chi connectivity index (χ4n) is 2.85. The Morgan fingerprint density at radius 2 is 1.91 bits per heavy atom. The maximum Gasteiger partial charge on any atom is 0.337 e. The fraction of sp³-hybridized carbons (Fsp3) is 0.353. The lowest BCUT2D eigenvalue weighted by molar-refractivity contribution is 0.0696. The van der Waals surface area contributed by atoms with E-state index in [0.29, 0.717) is 6.04 Å². The van der Waals surface area contributed by atoms with Crippen LogP contribution in [0.1, 0.15) is 29.0 Å². The van der Waals surface area contributed by atoms with Crippen LogP contribution < -0.4 is 4.90 Å². The Hall–Kier alpha value is -2.47. The number of carboxylic acid groups (broad SMARTS) is 1. The van der Waals surface area contributed by atoms with Crippen LogP contribution in [0.2, 0.25) is 0 Å². The van der Waals surface area contributed by atoms with Gasteiger partial charge in [-0.3, -0.25) is 9.88 Å². The predicted molar refractivity (Wildman–Crippen MR) is 87.6 cm³/mol. The van der Waals surface area contributed by atoms with Gasteiger partial charge in [0.2, 0.25) is 0 Å². The second-order valence-electron chi connectivity index (χ2n) is 5.66. The molecular weight excluding hydrogens is 292 g/mol. The molecule has 6 nitrogen and oxygen atoms in total. The largest absolute Gasteiger partial charge is 0.478 e. The molecule has 1 unspecified atom stereocenters. The summed E-state index contributed by atoms with van der Waals surface area (Å²) in [6, 6.07) is 9.68. The molecule has 23 heavy (non-hydrogen) atoms. The minimum Gasteiger partial charge on any atom is -0.478 e. The normalized spacial score (nSPS) is 17.0. The Morgan fingerprint density at radius 1 is 1.13 bits per heavy atom. The van der Waals surface area contributed by atoms with Crippen LogP contribution in [0.25, 0.3) is 0 Å². The lowest BCUT2D eigenvalue weighted by Crippen LogP contribution is -2.47. The second kappa shape index (κ2) is 6.75. The molecule has 1 aliphatic rings. The molecule has 120 valence electrons. The van der Waals surface area contributed by atoms with Crippen LogP contribution in [0.15, 0.2) is 42.7 Å². The highest BCUT2D eigenvalue weighted by atomic mass is 16.4.